The zero-order valence-electron chi connectivity index (χ0n) is 15.5. The molecule has 1 heterocycles. The quantitative estimate of drug-likeness (QED) is 0.570. The van der Waals surface area contributed by atoms with Crippen LogP contribution in [0.15, 0.2) is 59.5 Å². The lowest BCUT2D eigenvalue weighted by Crippen LogP contribution is -2.25. The van der Waals surface area contributed by atoms with Crippen LogP contribution in [-0.2, 0) is 23.3 Å². The van der Waals surface area contributed by atoms with Crippen molar-refractivity contribution >= 4 is 22.7 Å². The number of nitrogens with zero attached hydrogens (tertiary/aromatic N) is 2. The van der Waals surface area contributed by atoms with Crippen molar-refractivity contribution in [2.24, 2.45) is 0 Å². The first-order valence-electron chi connectivity index (χ1n) is 9.03. The Labute approximate surface area is 171 Å². The monoisotopic (exact) mass is 416 g/mol. The predicted octanol–water partition coefficient (Wildman–Crippen LogP) is 4.62. The molecule has 0 radical (unpaired) electrons. The van der Waals surface area contributed by atoms with Gasteiger partial charge >= 0.3 is 0 Å². The summed E-state index contributed by atoms with van der Waals surface area (Å²) >= 11 is 4.18. The SMILES string of the molecule is CCCCc1c(-c2ccc(CS(=O)O)cc2)cnn(-c2cccc(Cl)c2)c1=O. The van der Waals surface area contributed by atoms with Gasteiger partial charge in [0.1, 0.15) is 0 Å². The third kappa shape index (κ3) is 4.76. The van der Waals surface area contributed by atoms with E-state index in [0.717, 1.165) is 29.5 Å². The Morgan fingerprint density at radius 3 is 2.57 bits per heavy atom. The van der Waals surface area contributed by atoms with Crippen LogP contribution in [0.2, 0.25) is 5.02 Å². The molecule has 0 saturated heterocycles. The summed E-state index contributed by atoms with van der Waals surface area (Å²) in [7, 11) is 0. The highest BCUT2D eigenvalue weighted by atomic mass is 35.5. The zero-order chi connectivity index (χ0) is 20.1. The van der Waals surface area contributed by atoms with Gasteiger partial charge in [0.25, 0.3) is 5.56 Å². The molecule has 3 aromatic rings. The van der Waals surface area contributed by atoms with E-state index in [1.165, 1.54) is 4.68 Å². The standard InChI is InChI=1S/C21H21ClN2O3S/c1-2-3-7-19-20(16-10-8-15(9-11-16)14-28(26)27)13-23-24(21(19)25)18-6-4-5-17(22)12-18/h4-6,8-13H,2-3,7,14H2,1H3,(H,26,27). The molecular formula is C21H21ClN2O3S. The molecule has 1 unspecified atom stereocenters. The van der Waals surface area contributed by atoms with Gasteiger partial charge in [-0.2, -0.15) is 9.78 Å². The van der Waals surface area contributed by atoms with Crippen molar-refractivity contribution in [3.8, 4) is 16.8 Å². The number of benzene rings is 2. The average molecular weight is 417 g/mol. The summed E-state index contributed by atoms with van der Waals surface area (Å²) in [5, 5.41) is 4.91. The van der Waals surface area contributed by atoms with E-state index in [0.29, 0.717) is 22.7 Å². The minimum Gasteiger partial charge on any atom is -0.306 e. The molecule has 0 aliphatic heterocycles. The van der Waals surface area contributed by atoms with Gasteiger partial charge in [-0.05, 0) is 42.2 Å². The minimum absolute atomic E-state index is 0.0809. The number of hydrogen-bond donors (Lipinski definition) is 1. The van der Waals surface area contributed by atoms with E-state index in [-0.39, 0.29) is 11.3 Å². The normalized spacial score (nSPS) is 12.1. The number of aromatic nitrogens is 2. The van der Waals surface area contributed by atoms with E-state index >= 15 is 0 Å². The molecule has 1 atom stereocenters. The molecule has 28 heavy (non-hydrogen) atoms. The van der Waals surface area contributed by atoms with Gasteiger partial charge in [-0.3, -0.25) is 4.79 Å². The average Bonchev–Trinajstić information content (AvgIpc) is 2.67. The molecule has 3 rings (SSSR count). The van der Waals surface area contributed by atoms with Gasteiger partial charge in [0.05, 0.1) is 17.6 Å². The van der Waals surface area contributed by atoms with Gasteiger partial charge in [0, 0.05) is 16.1 Å². The van der Waals surface area contributed by atoms with Crippen LogP contribution < -0.4 is 5.56 Å². The van der Waals surface area contributed by atoms with E-state index in [4.69, 9.17) is 16.2 Å². The third-order valence-corrected chi connectivity index (χ3v) is 5.28. The summed E-state index contributed by atoms with van der Waals surface area (Å²) in [6.07, 6.45) is 4.21. The lowest BCUT2D eigenvalue weighted by atomic mass is 9.98. The molecule has 0 aliphatic rings. The van der Waals surface area contributed by atoms with Crippen molar-refractivity contribution < 1.29 is 8.76 Å². The summed E-state index contributed by atoms with van der Waals surface area (Å²) in [6, 6.07) is 14.4. The van der Waals surface area contributed by atoms with E-state index in [9.17, 15) is 9.00 Å². The van der Waals surface area contributed by atoms with Crippen molar-refractivity contribution in [2.75, 3.05) is 0 Å². The number of rotatable bonds is 7. The molecule has 0 amide bonds. The number of hydrogen-bond acceptors (Lipinski definition) is 3. The second kappa shape index (κ2) is 9.28. The second-order valence-corrected chi connectivity index (χ2v) is 7.87. The Morgan fingerprint density at radius 1 is 1.18 bits per heavy atom. The van der Waals surface area contributed by atoms with Crippen molar-refractivity contribution in [1.29, 1.82) is 0 Å². The molecular weight excluding hydrogens is 396 g/mol. The van der Waals surface area contributed by atoms with Crippen LogP contribution in [0.5, 0.6) is 0 Å². The predicted molar refractivity (Wildman–Crippen MR) is 113 cm³/mol. The molecule has 1 aromatic heterocycles. The summed E-state index contributed by atoms with van der Waals surface area (Å²) in [4.78, 5) is 13.2. The fourth-order valence-electron chi connectivity index (χ4n) is 3.05. The summed E-state index contributed by atoms with van der Waals surface area (Å²) < 4.78 is 21.4. The molecule has 7 heteroatoms. The molecule has 146 valence electrons. The lowest BCUT2D eigenvalue weighted by Gasteiger charge is -2.13. The molecule has 0 fully saturated rings. The largest absolute Gasteiger partial charge is 0.306 e. The van der Waals surface area contributed by atoms with E-state index in [2.05, 4.69) is 12.0 Å². The van der Waals surface area contributed by atoms with Gasteiger partial charge in [0.2, 0.25) is 0 Å². The van der Waals surface area contributed by atoms with Gasteiger partial charge in [-0.1, -0.05) is 55.3 Å². The van der Waals surface area contributed by atoms with Crippen LogP contribution in [0, 0.1) is 0 Å². The Bertz CT molecular complexity index is 1050. The Kier molecular flexibility index (Phi) is 6.78. The summed E-state index contributed by atoms with van der Waals surface area (Å²) in [5.74, 6) is 0.0809. The first kappa shape index (κ1) is 20.5. The minimum atomic E-state index is -1.88. The highest BCUT2D eigenvalue weighted by Gasteiger charge is 2.14. The van der Waals surface area contributed by atoms with Gasteiger partial charge in [0.15, 0.2) is 11.1 Å². The maximum absolute atomic E-state index is 13.2. The highest BCUT2D eigenvalue weighted by molar-refractivity contribution is 7.78. The highest BCUT2D eigenvalue weighted by Crippen LogP contribution is 2.24. The van der Waals surface area contributed by atoms with Crippen LogP contribution in [-0.4, -0.2) is 18.5 Å². The topological polar surface area (TPSA) is 72.2 Å². The van der Waals surface area contributed by atoms with E-state index in [1.807, 2.05) is 12.1 Å². The Morgan fingerprint density at radius 2 is 1.93 bits per heavy atom. The molecule has 0 spiro atoms. The first-order valence-corrected chi connectivity index (χ1v) is 10.7. The van der Waals surface area contributed by atoms with Crippen LogP contribution >= 0.6 is 11.6 Å². The smallest absolute Gasteiger partial charge is 0.275 e. The zero-order valence-corrected chi connectivity index (χ0v) is 17.0. The molecule has 2 aromatic carbocycles. The second-order valence-electron chi connectivity index (χ2n) is 6.50. The van der Waals surface area contributed by atoms with Crippen molar-refractivity contribution in [2.45, 2.75) is 31.9 Å². The van der Waals surface area contributed by atoms with Gasteiger partial charge < -0.3 is 4.55 Å². The van der Waals surface area contributed by atoms with E-state index in [1.54, 1.807) is 42.6 Å². The van der Waals surface area contributed by atoms with Crippen LogP contribution in [0.3, 0.4) is 0 Å². The molecule has 0 aliphatic carbocycles. The van der Waals surface area contributed by atoms with Crippen molar-refractivity contribution in [3.63, 3.8) is 0 Å². The van der Waals surface area contributed by atoms with Gasteiger partial charge in [-0.15, -0.1) is 0 Å². The molecule has 0 saturated carbocycles. The third-order valence-electron chi connectivity index (χ3n) is 4.47. The lowest BCUT2D eigenvalue weighted by molar-refractivity contribution is 0.563. The van der Waals surface area contributed by atoms with Crippen LogP contribution in [0.25, 0.3) is 16.8 Å². The Hall–Kier alpha value is -2.28. The Balaban J connectivity index is 2.07. The molecule has 0 bridgehead atoms. The van der Waals surface area contributed by atoms with Crippen LogP contribution in [0.1, 0.15) is 30.9 Å². The summed E-state index contributed by atoms with van der Waals surface area (Å²) in [6.45, 7) is 2.08. The van der Waals surface area contributed by atoms with Crippen LogP contribution in [0.4, 0.5) is 0 Å². The van der Waals surface area contributed by atoms with E-state index < -0.39 is 11.1 Å². The maximum atomic E-state index is 13.2. The fraction of sp³-hybridized carbons (Fsp3) is 0.238. The van der Waals surface area contributed by atoms with Crippen molar-refractivity contribution in [3.05, 3.63) is 81.2 Å². The maximum Gasteiger partial charge on any atom is 0.275 e. The summed E-state index contributed by atoms with van der Waals surface area (Å²) in [5.41, 5.74) is 3.58. The number of halogens is 1. The first-order chi connectivity index (χ1) is 13.5. The fourth-order valence-corrected chi connectivity index (χ4v) is 3.71. The molecule has 5 nitrogen and oxygen atoms in total. The van der Waals surface area contributed by atoms with Crippen molar-refractivity contribution in [1.82, 2.24) is 9.78 Å². The number of unbranched alkanes of at least 4 members (excludes halogenated alkanes) is 1. The molecule has 1 N–H and O–H groups in total. The van der Waals surface area contributed by atoms with Gasteiger partial charge in [-0.25, -0.2) is 4.21 Å².